The van der Waals surface area contributed by atoms with E-state index in [0.29, 0.717) is 6.42 Å². The SMILES string of the molecule is CC(NC1CCC(O)(C(F)(F)F)C1)c1cc2ccncc2s1. The van der Waals surface area contributed by atoms with E-state index in [9.17, 15) is 18.3 Å². The topological polar surface area (TPSA) is 45.1 Å². The number of aliphatic hydroxyl groups is 1. The Morgan fingerprint density at radius 3 is 2.91 bits per heavy atom. The molecule has 0 aliphatic heterocycles. The van der Waals surface area contributed by atoms with Crippen molar-refractivity contribution in [1.29, 1.82) is 0 Å². The van der Waals surface area contributed by atoms with Gasteiger partial charge in [-0.15, -0.1) is 11.3 Å². The van der Waals surface area contributed by atoms with Crippen LogP contribution in [0.25, 0.3) is 10.1 Å². The Morgan fingerprint density at radius 1 is 1.50 bits per heavy atom. The van der Waals surface area contributed by atoms with Crippen LogP contribution in [0.3, 0.4) is 0 Å². The van der Waals surface area contributed by atoms with Gasteiger partial charge in [0.15, 0.2) is 5.60 Å². The second-order valence-corrected chi connectivity index (χ2v) is 7.04. The van der Waals surface area contributed by atoms with Crippen LogP contribution in [0.2, 0.25) is 0 Å². The van der Waals surface area contributed by atoms with Gasteiger partial charge in [0.2, 0.25) is 0 Å². The predicted octanol–water partition coefficient (Wildman–Crippen LogP) is 3.79. The van der Waals surface area contributed by atoms with Gasteiger partial charge >= 0.3 is 6.18 Å². The molecule has 120 valence electrons. The average molecular weight is 330 g/mol. The number of fused-ring (bicyclic) bond motifs is 1. The number of alkyl halides is 3. The van der Waals surface area contributed by atoms with E-state index < -0.39 is 11.8 Å². The highest BCUT2D eigenvalue weighted by Gasteiger charge is 2.57. The molecule has 3 rings (SSSR count). The Kier molecular flexibility index (Phi) is 3.91. The molecule has 2 heterocycles. The standard InChI is InChI=1S/C15H17F3N2OS/c1-9(12-6-10-3-5-19-8-13(10)22-12)20-11-2-4-14(21,7-11)15(16,17)18/h3,5-6,8-9,11,20-21H,2,4,7H2,1H3. The van der Waals surface area contributed by atoms with Crippen LogP contribution in [0, 0.1) is 0 Å². The third kappa shape index (κ3) is 2.85. The van der Waals surface area contributed by atoms with Crippen molar-refractivity contribution in [1.82, 2.24) is 10.3 Å². The van der Waals surface area contributed by atoms with Gasteiger partial charge < -0.3 is 10.4 Å². The van der Waals surface area contributed by atoms with Gasteiger partial charge in [-0.05, 0) is 37.3 Å². The maximum absolute atomic E-state index is 12.8. The molecule has 2 aromatic heterocycles. The van der Waals surface area contributed by atoms with Gasteiger partial charge in [-0.3, -0.25) is 4.98 Å². The summed E-state index contributed by atoms with van der Waals surface area (Å²) in [5.41, 5.74) is -2.55. The molecule has 0 aromatic carbocycles. The van der Waals surface area contributed by atoms with Crippen molar-refractivity contribution in [2.75, 3.05) is 0 Å². The van der Waals surface area contributed by atoms with Gasteiger partial charge in [0.05, 0.1) is 4.70 Å². The van der Waals surface area contributed by atoms with E-state index in [1.807, 2.05) is 19.1 Å². The second-order valence-electron chi connectivity index (χ2n) is 5.92. The molecule has 1 fully saturated rings. The summed E-state index contributed by atoms with van der Waals surface area (Å²) < 4.78 is 39.6. The molecule has 0 radical (unpaired) electrons. The lowest BCUT2D eigenvalue weighted by molar-refractivity contribution is -0.257. The van der Waals surface area contributed by atoms with E-state index in [1.54, 1.807) is 23.7 Å². The molecule has 0 amide bonds. The Morgan fingerprint density at radius 2 is 2.27 bits per heavy atom. The van der Waals surface area contributed by atoms with E-state index >= 15 is 0 Å². The van der Waals surface area contributed by atoms with Gasteiger partial charge in [0.1, 0.15) is 0 Å². The molecular weight excluding hydrogens is 313 g/mol. The average Bonchev–Trinajstić information content (AvgIpc) is 3.02. The molecular formula is C15H17F3N2OS. The third-order valence-electron chi connectivity index (χ3n) is 4.27. The van der Waals surface area contributed by atoms with Crippen LogP contribution < -0.4 is 5.32 Å². The number of nitrogens with zero attached hydrogens (tertiary/aromatic N) is 1. The van der Waals surface area contributed by atoms with Crippen molar-refractivity contribution in [3.63, 3.8) is 0 Å². The summed E-state index contributed by atoms with van der Waals surface area (Å²) in [5, 5.41) is 14.0. The summed E-state index contributed by atoms with van der Waals surface area (Å²) in [7, 11) is 0. The van der Waals surface area contributed by atoms with E-state index in [4.69, 9.17) is 0 Å². The zero-order valence-corrected chi connectivity index (χ0v) is 12.8. The molecule has 1 saturated carbocycles. The molecule has 0 bridgehead atoms. The maximum Gasteiger partial charge on any atom is 0.417 e. The van der Waals surface area contributed by atoms with Crippen LogP contribution in [0.5, 0.6) is 0 Å². The minimum atomic E-state index is -4.56. The molecule has 3 unspecified atom stereocenters. The first-order valence-electron chi connectivity index (χ1n) is 7.17. The smallest absolute Gasteiger partial charge is 0.380 e. The number of hydrogen-bond donors (Lipinski definition) is 2. The monoisotopic (exact) mass is 330 g/mol. The number of nitrogens with one attached hydrogen (secondary N) is 1. The quantitative estimate of drug-likeness (QED) is 0.900. The van der Waals surface area contributed by atoms with Crippen LogP contribution in [0.15, 0.2) is 24.5 Å². The van der Waals surface area contributed by atoms with Crippen molar-refractivity contribution in [2.45, 2.75) is 50.0 Å². The van der Waals surface area contributed by atoms with E-state index in [1.165, 1.54) is 0 Å². The number of rotatable bonds is 3. The highest BCUT2D eigenvalue weighted by atomic mass is 32.1. The molecule has 2 aromatic rings. The minimum absolute atomic E-state index is 0.0574. The van der Waals surface area contributed by atoms with Gasteiger partial charge in [-0.2, -0.15) is 13.2 Å². The third-order valence-corrected chi connectivity index (χ3v) is 5.54. The maximum atomic E-state index is 12.8. The number of halogens is 3. The van der Waals surface area contributed by atoms with Gasteiger partial charge in [-0.1, -0.05) is 0 Å². The van der Waals surface area contributed by atoms with Crippen LogP contribution in [-0.4, -0.2) is 27.9 Å². The van der Waals surface area contributed by atoms with Gasteiger partial charge in [0, 0.05) is 35.8 Å². The van der Waals surface area contributed by atoms with Crippen molar-refractivity contribution >= 4 is 21.4 Å². The normalized spacial score (nSPS) is 27.4. The Bertz CT molecular complexity index is 639. The van der Waals surface area contributed by atoms with E-state index in [2.05, 4.69) is 10.3 Å². The van der Waals surface area contributed by atoms with E-state index in [0.717, 1.165) is 15.0 Å². The number of hydrogen-bond acceptors (Lipinski definition) is 4. The summed E-state index contributed by atoms with van der Waals surface area (Å²) >= 11 is 1.58. The number of pyridine rings is 1. The number of aromatic nitrogens is 1. The molecule has 0 spiro atoms. The summed E-state index contributed by atoms with van der Waals surface area (Å²) in [5.74, 6) is 0. The van der Waals surface area contributed by atoms with E-state index in [-0.39, 0.29) is 24.9 Å². The molecule has 3 nitrogen and oxygen atoms in total. The lowest BCUT2D eigenvalue weighted by atomic mass is 10.0. The lowest BCUT2D eigenvalue weighted by Crippen LogP contribution is -2.44. The van der Waals surface area contributed by atoms with Gasteiger partial charge in [0.25, 0.3) is 0 Å². The Labute approximate surface area is 130 Å². The fraction of sp³-hybridized carbons (Fsp3) is 0.533. The number of thiophene rings is 1. The summed E-state index contributed by atoms with van der Waals surface area (Å²) in [6.07, 6.45) is -1.25. The van der Waals surface area contributed by atoms with Crippen LogP contribution in [0.4, 0.5) is 13.2 Å². The zero-order chi connectivity index (χ0) is 16.0. The second kappa shape index (κ2) is 5.47. The van der Waals surface area contributed by atoms with Crippen LogP contribution in [0.1, 0.15) is 37.1 Å². The highest BCUT2D eigenvalue weighted by molar-refractivity contribution is 7.19. The molecule has 3 atom stereocenters. The van der Waals surface area contributed by atoms with Crippen molar-refractivity contribution < 1.29 is 18.3 Å². The molecule has 1 aliphatic rings. The predicted molar refractivity (Wildman–Crippen MR) is 79.8 cm³/mol. The first-order chi connectivity index (χ1) is 10.3. The first kappa shape index (κ1) is 15.7. The van der Waals surface area contributed by atoms with Crippen LogP contribution in [-0.2, 0) is 0 Å². The summed E-state index contributed by atoms with van der Waals surface area (Å²) in [4.78, 5) is 5.13. The fourth-order valence-electron chi connectivity index (χ4n) is 2.98. The fourth-order valence-corrected chi connectivity index (χ4v) is 4.02. The van der Waals surface area contributed by atoms with Crippen LogP contribution >= 0.6 is 11.3 Å². The summed E-state index contributed by atoms with van der Waals surface area (Å²) in [6, 6.07) is 3.56. The van der Waals surface area contributed by atoms with Gasteiger partial charge in [-0.25, -0.2) is 0 Å². The lowest BCUT2D eigenvalue weighted by Gasteiger charge is -2.26. The Hall–Kier alpha value is -1.18. The molecule has 22 heavy (non-hydrogen) atoms. The largest absolute Gasteiger partial charge is 0.417 e. The first-order valence-corrected chi connectivity index (χ1v) is 7.99. The van der Waals surface area contributed by atoms with Crippen molar-refractivity contribution in [3.05, 3.63) is 29.4 Å². The molecule has 1 aliphatic carbocycles. The summed E-state index contributed by atoms with van der Waals surface area (Å²) in [6.45, 7) is 1.93. The minimum Gasteiger partial charge on any atom is -0.380 e. The van der Waals surface area contributed by atoms with Crippen molar-refractivity contribution in [2.24, 2.45) is 0 Å². The molecule has 0 saturated heterocycles. The zero-order valence-electron chi connectivity index (χ0n) is 12.0. The Balaban J connectivity index is 1.69. The van der Waals surface area contributed by atoms with Crippen molar-refractivity contribution in [3.8, 4) is 0 Å². The molecule has 7 heteroatoms. The highest BCUT2D eigenvalue weighted by Crippen LogP contribution is 2.43. The molecule has 2 N–H and O–H groups in total.